The monoisotopic (exact) mass is 339 g/mol. The second kappa shape index (κ2) is 6.89. The SMILES string of the molecule is Cc1cccc(Cn2nc(NC(=O)c3cccc(Cl)c3)cc2C)c1. The average Bonchev–Trinajstić information content (AvgIpc) is 2.87. The van der Waals surface area contributed by atoms with Gasteiger partial charge in [0.05, 0.1) is 6.54 Å². The third-order valence-electron chi connectivity index (χ3n) is 3.72. The van der Waals surface area contributed by atoms with Gasteiger partial charge in [0.1, 0.15) is 0 Å². The first-order chi connectivity index (χ1) is 11.5. The van der Waals surface area contributed by atoms with Crippen LogP contribution >= 0.6 is 11.6 Å². The van der Waals surface area contributed by atoms with E-state index in [0.717, 1.165) is 5.69 Å². The fourth-order valence-electron chi connectivity index (χ4n) is 2.53. The van der Waals surface area contributed by atoms with Crippen LogP contribution in [0, 0.1) is 13.8 Å². The number of amides is 1. The van der Waals surface area contributed by atoms with E-state index in [1.165, 1.54) is 11.1 Å². The number of carbonyl (C=O) groups excluding carboxylic acids is 1. The quantitative estimate of drug-likeness (QED) is 0.763. The van der Waals surface area contributed by atoms with Crippen molar-refractivity contribution in [1.29, 1.82) is 0 Å². The molecule has 3 rings (SSSR count). The van der Waals surface area contributed by atoms with E-state index in [4.69, 9.17) is 11.6 Å². The topological polar surface area (TPSA) is 46.9 Å². The number of anilines is 1. The van der Waals surface area contributed by atoms with E-state index in [9.17, 15) is 4.79 Å². The van der Waals surface area contributed by atoms with Gasteiger partial charge in [-0.05, 0) is 37.6 Å². The van der Waals surface area contributed by atoms with Crippen LogP contribution in [0.4, 0.5) is 5.82 Å². The predicted molar refractivity (Wildman–Crippen MR) is 96.7 cm³/mol. The first-order valence-electron chi connectivity index (χ1n) is 7.68. The Labute approximate surface area is 146 Å². The summed E-state index contributed by atoms with van der Waals surface area (Å²) < 4.78 is 1.88. The first-order valence-corrected chi connectivity index (χ1v) is 8.06. The van der Waals surface area contributed by atoms with E-state index in [0.29, 0.717) is 22.9 Å². The molecule has 4 nitrogen and oxygen atoms in total. The van der Waals surface area contributed by atoms with Crippen molar-refractivity contribution in [2.24, 2.45) is 0 Å². The summed E-state index contributed by atoms with van der Waals surface area (Å²) in [6.45, 7) is 4.70. The zero-order valence-corrected chi connectivity index (χ0v) is 14.3. The third kappa shape index (κ3) is 3.84. The van der Waals surface area contributed by atoms with Gasteiger partial charge in [0.25, 0.3) is 5.91 Å². The van der Waals surface area contributed by atoms with Gasteiger partial charge in [0.15, 0.2) is 5.82 Å². The van der Waals surface area contributed by atoms with E-state index in [-0.39, 0.29) is 5.91 Å². The fraction of sp³-hybridized carbons (Fsp3) is 0.158. The second-order valence-electron chi connectivity index (χ2n) is 5.78. The Hall–Kier alpha value is -2.59. The molecule has 0 aliphatic heterocycles. The number of benzene rings is 2. The molecule has 2 aromatic carbocycles. The highest BCUT2D eigenvalue weighted by Crippen LogP contribution is 2.15. The van der Waals surface area contributed by atoms with E-state index < -0.39 is 0 Å². The zero-order chi connectivity index (χ0) is 17.1. The van der Waals surface area contributed by atoms with Crippen molar-refractivity contribution in [1.82, 2.24) is 9.78 Å². The summed E-state index contributed by atoms with van der Waals surface area (Å²) >= 11 is 5.92. The Morgan fingerprint density at radius 2 is 1.92 bits per heavy atom. The van der Waals surface area contributed by atoms with Crippen molar-refractivity contribution < 1.29 is 4.79 Å². The largest absolute Gasteiger partial charge is 0.305 e. The van der Waals surface area contributed by atoms with Crippen LogP contribution in [-0.4, -0.2) is 15.7 Å². The molecule has 1 aromatic heterocycles. The predicted octanol–water partition coefficient (Wildman–Crippen LogP) is 4.45. The fourth-order valence-corrected chi connectivity index (χ4v) is 2.72. The van der Waals surface area contributed by atoms with Gasteiger partial charge in [-0.1, -0.05) is 47.5 Å². The molecule has 24 heavy (non-hydrogen) atoms. The molecular weight excluding hydrogens is 322 g/mol. The number of rotatable bonds is 4. The molecule has 0 radical (unpaired) electrons. The number of halogens is 1. The minimum atomic E-state index is -0.224. The highest BCUT2D eigenvalue weighted by atomic mass is 35.5. The van der Waals surface area contributed by atoms with Crippen LogP contribution in [0.2, 0.25) is 5.02 Å². The van der Waals surface area contributed by atoms with Gasteiger partial charge >= 0.3 is 0 Å². The molecule has 0 saturated carbocycles. The van der Waals surface area contributed by atoms with E-state index >= 15 is 0 Å². The lowest BCUT2D eigenvalue weighted by atomic mass is 10.1. The lowest BCUT2D eigenvalue weighted by molar-refractivity contribution is 0.102. The number of aryl methyl sites for hydroxylation is 2. The molecule has 122 valence electrons. The number of hydrogen-bond acceptors (Lipinski definition) is 2. The number of carbonyl (C=O) groups is 1. The Bertz CT molecular complexity index is 886. The first kappa shape index (κ1) is 16.3. The summed E-state index contributed by atoms with van der Waals surface area (Å²) in [4.78, 5) is 12.3. The maximum Gasteiger partial charge on any atom is 0.256 e. The van der Waals surface area contributed by atoms with Crippen LogP contribution in [0.15, 0.2) is 54.6 Å². The number of aromatic nitrogens is 2. The molecule has 1 N–H and O–H groups in total. The molecule has 0 fully saturated rings. The normalized spacial score (nSPS) is 10.6. The second-order valence-corrected chi connectivity index (χ2v) is 6.22. The highest BCUT2D eigenvalue weighted by Gasteiger charge is 2.10. The minimum Gasteiger partial charge on any atom is -0.305 e. The van der Waals surface area contributed by atoms with Crippen LogP contribution in [0.25, 0.3) is 0 Å². The number of nitrogens with one attached hydrogen (secondary N) is 1. The third-order valence-corrected chi connectivity index (χ3v) is 3.96. The molecule has 1 amide bonds. The van der Waals surface area contributed by atoms with Gasteiger partial charge < -0.3 is 5.32 Å². The van der Waals surface area contributed by atoms with Gasteiger partial charge in [-0.25, -0.2) is 0 Å². The molecule has 0 spiro atoms. The van der Waals surface area contributed by atoms with Gasteiger partial charge in [-0.2, -0.15) is 5.10 Å². The van der Waals surface area contributed by atoms with Gasteiger partial charge in [0, 0.05) is 22.3 Å². The molecule has 0 aliphatic carbocycles. The molecule has 1 heterocycles. The average molecular weight is 340 g/mol. The van der Waals surface area contributed by atoms with E-state index in [1.54, 1.807) is 24.3 Å². The van der Waals surface area contributed by atoms with Crippen molar-refractivity contribution >= 4 is 23.3 Å². The van der Waals surface area contributed by atoms with Gasteiger partial charge in [0.2, 0.25) is 0 Å². The summed E-state index contributed by atoms with van der Waals surface area (Å²) in [5.74, 6) is 0.308. The van der Waals surface area contributed by atoms with Crippen LogP contribution in [0.5, 0.6) is 0 Å². The van der Waals surface area contributed by atoms with Crippen molar-refractivity contribution in [2.75, 3.05) is 5.32 Å². The summed E-state index contributed by atoms with van der Waals surface area (Å²) in [5.41, 5.74) is 3.88. The summed E-state index contributed by atoms with van der Waals surface area (Å²) in [6, 6.07) is 17.0. The van der Waals surface area contributed by atoms with Crippen LogP contribution in [-0.2, 0) is 6.54 Å². The summed E-state index contributed by atoms with van der Waals surface area (Å²) in [7, 11) is 0. The maximum absolute atomic E-state index is 12.3. The highest BCUT2D eigenvalue weighted by molar-refractivity contribution is 6.31. The maximum atomic E-state index is 12.3. The molecule has 3 aromatic rings. The Morgan fingerprint density at radius 1 is 1.12 bits per heavy atom. The standard InChI is InChI=1S/C19H18ClN3O/c1-13-5-3-6-15(9-13)12-23-14(2)10-18(22-23)21-19(24)16-7-4-8-17(20)11-16/h3-11H,12H2,1-2H3,(H,21,22,24). The van der Waals surface area contributed by atoms with Crippen LogP contribution in [0.3, 0.4) is 0 Å². The van der Waals surface area contributed by atoms with Crippen LogP contribution in [0.1, 0.15) is 27.2 Å². The van der Waals surface area contributed by atoms with Crippen molar-refractivity contribution in [2.45, 2.75) is 20.4 Å². The van der Waals surface area contributed by atoms with Crippen molar-refractivity contribution in [3.63, 3.8) is 0 Å². The number of hydrogen-bond donors (Lipinski definition) is 1. The molecular formula is C19H18ClN3O. The summed E-state index contributed by atoms with van der Waals surface area (Å²) in [5, 5.41) is 7.82. The molecule has 0 atom stereocenters. The lowest BCUT2D eigenvalue weighted by Gasteiger charge is -2.05. The van der Waals surface area contributed by atoms with Crippen molar-refractivity contribution in [3.8, 4) is 0 Å². The zero-order valence-electron chi connectivity index (χ0n) is 13.6. The van der Waals surface area contributed by atoms with E-state index in [2.05, 4.69) is 35.5 Å². The minimum absolute atomic E-state index is 0.224. The Balaban J connectivity index is 1.75. The van der Waals surface area contributed by atoms with Crippen molar-refractivity contribution in [3.05, 3.63) is 82.0 Å². The molecule has 0 aliphatic rings. The molecule has 0 unspecified atom stereocenters. The molecule has 5 heteroatoms. The Morgan fingerprint density at radius 3 is 2.67 bits per heavy atom. The lowest BCUT2D eigenvalue weighted by Crippen LogP contribution is -2.13. The molecule has 0 bridgehead atoms. The van der Waals surface area contributed by atoms with Gasteiger partial charge in [-0.15, -0.1) is 0 Å². The smallest absolute Gasteiger partial charge is 0.256 e. The Kier molecular flexibility index (Phi) is 4.67. The number of nitrogens with zero attached hydrogens (tertiary/aromatic N) is 2. The summed E-state index contributed by atoms with van der Waals surface area (Å²) in [6.07, 6.45) is 0. The molecule has 0 saturated heterocycles. The van der Waals surface area contributed by atoms with Gasteiger partial charge in [-0.3, -0.25) is 9.48 Å². The van der Waals surface area contributed by atoms with Crippen LogP contribution < -0.4 is 5.32 Å². The van der Waals surface area contributed by atoms with E-state index in [1.807, 2.05) is 23.7 Å².